The predicted octanol–water partition coefficient (Wildman–Crippen LogP) is 3.86. The number of hydrogen-bond donors (Lipinski definition) is 2. The number of rotatable bonds is 7. The van der Waals surface area contributed by atoms with Crippen molar-refractivity contribution in [3.8, 4) is 5.75 Å². The van der Waals surface area contributed by atoms with Gasteiger partial charge in [-0.05, 0) is 49.7 Å². The van der Waals surface area contributed by atoms with Gasteiger partial charge in [0.25, 0.3) is 5.91 Å². The van der Waals surface area contributed by atoms with Crippen LogP contribution in [0, 0.1) is 13.8 Å². The SMILES string of the molecule is COCCn1c(C)c(C)c2cc(C(=O)Nc3ccc(C(=O)O)c(OC)c3)ccc21. The van der Waals surface area contributed by atoms with E-state index >= 15 is 0 Å². The maximum absolute atomic E-state index is 12.8. The summed E-state index contributed by atoms with van der Waals surface area (Å²) in [5.74, 6) is -1.18. The Kier molecular flexibility index (Phi) is 5.89. The minimum absolute atomic E-state index is 0.0374. The van der Waals surface area contributed by atoms with Gasteiger partial charge in [-0.25, -0.2) is 4.79 Å². The van der Waals surface area contributed by atoms with Crippen molar-refractivity contribution in [2.45, 2.75) is 20.4 Å². The molecule has 3 rings (SSSR count). The molecule has 0 saturated carbocycles. The van der Waals surface area contributed by atoms with Crippen molar-refractivity contribution in [1.29, 1.82) is 0 Å². The summed E-state index contributed by atoms with van der Waals surface area (Å²) in [6.45, 7) is 5.45. The Morgan fingerprint density at radius 3 is 2.52 bits per heavy atom. The summed E-state index contributed by atoms with van der Waals surface area (Å²) < 4.78 is 12.5. The Hall–Kier alpha value is -3.32. The van der Waals surface area contributed by atoms with Crippen molar-refractivity contribution < 1.29 is 24.2 Å². The van der Waals surface area contributed by atoms with Gasteiger partial charge < -0.3 is 24.5 Å². The summed E-state index contributed by atoms with van der Waals surface area (Å²) in [7, 11) is 3.06. The zero-order valence-corrected chi connectivity index (χ0v) is 16.9. The average molecular weight is 396 g/mol. The average Bonchev–Trinajstić information content (AvgIpc) is 2.95. The zero-order valence-electron chi connectivity index (χ0n) is 16.9. The Labute approximate surface area is 168 Å². The van der Waals surface area contributed by atoms with E-state index in [2.05, 4.69) is 16.8 Å². The lowest BCUT2D eigenvalue weighted by molar-refractivity contribution is 0.0693. The minimum atomic E-state index is -1.09. The molecule has 0 aliphatic rings. The number of carbonyl (C=O) groups excluding carboxylic acids is 1. The number of carboxylic acid groups (broad SMARTS) is 1. The van der Waals surface area contributed by atoms with Crippen LogP contribution in [0.25, 0.3) is 10.9 Å². The van der Waals surface area contributed by atoms with E-state index in [9.17, 15) is 14.7 Å². The molecule has 0 atom stereocenters. The fourth-order valence-electron chi connectivity index (χ4n) is 3.41. The number of aryl methyl sites for hydroxylation is 1. The number of ether oxygens (including phenoxy) is 2. The van der Waals surface area contributed by atoms with E-state index in [0.29, 0.717) is 17.9 Å². The van der Waals surface area contributed by atoms with Gasteiger partial charge in [0.05, 0.1) is 13.7 Å². The van der Waals surface area contributed by atoms with Gasteiger partial charge in [0.15, 0.2) is 0 Å². The van der Waals surface area contributed by atoms with Gasteiger partial charge in [0, 0.05) is 47.6 Å². The Bertz CT molecular complexity index is 1080. The topological polar surface area (TPSA) is 89.8 Å². The molecule has 2 N–H and O–H groups in total. The van der Waals surface area contributed by atoms with E-state index in [1.165, 1.54) is 19.2 Å². The van der Waals surface area contributed by atoms with Crippen LogP contribution in [0.5, 0.6) is 5.75 Å². The van der Waals surface area contributed by atoms with Gasteiger partial charge in [-0.3, -0.25) is 4.79 Å². The Balaban J connectivity index is 1.90. The van der Waals surface area contributed by atoms with E-state index in [1.54, 1.807) is 19.2 Å². The van der Waals surface area contributed by atoms with Crippen LogP contribution < -0.4 is 10.1 Å². The summed E-state index contributed by atoms with van der Waals surface area (Å²) in [6, 6.07) is 10.0. The lowest BCUT2D eigenvalue weighted by Crippen LogP contribution is -2.12. The van der Waals surface area contributed by atoms with Gasteiger partial charge in [-0.15, -0.1) is 0 Å². The highest BCUT2D eigenvalue weighted by Crippen LogP contribution is 2.27. The van der Waals surface area contributed by atoms with E-state index in [-0.39, 0.29) is 17.2 Å². The van der Waals surface area contributed by atoms with Crippen LogP contribution in [0.1, 0.15) is 32.0 Å². The van der Waals surface area contributed by atoms with E-state index in [4.69, 9.17) is 9.47 Å². The molecule has 0 aliphatic carbocycles. The standard InChI is InChI=1S/C22H24N2O5/c1-13-14(2)24(9-10-28-3)19-8-5-15(11-18(13)19)21(25)23-16-6-7-17(22(26)27)20(12-16)29-4/h5-8,11-12H,9-10H2,1-4H3,(H,23,25)(H,26,27). The molecule has 3 aromatic rings. The highest BCUT2D eigenvalue weighted by molar-refractivity contribution is 6.07. The molecule has 1 heterocycles. The maximum Gasteiger partial charge on any atom is 0.339 e. The van der Waals surface area contributed by atoms with Crippen molar-refractivity contribution in [3.05, 3.63) is 58.8 Å². The summed E-state index contributed by atoms with van der Waals surface area (Å²) >= 11 is 0. The van der Waals surface area contributed by atoms with Crippen molar-refractivity contribution in [2.24, 2.45) is 0 Å². The molecule has 0 radical (unpaired) electrons. The third-order valence-corrected chi connectivity index (χ3v) is 5.11. The van der Waals surface area contributed by atoms with Crippen molar-refractivity contribution >= 4 is 28.5 Å². The van der Waals surface area contributed by atoms with E-state index in [1.807, 2.05) is 19.1 Å². The van der Waals surface area contributed by atoms with Gasteiger partial charge in [-0.1, -0.05) is 0 Å². The highest BCUT2D eigenvalue weighted by Gasteiger charge is 2.16. The third kappa shape index (κ3) is 3.95. The lowest BCUT2D eigenvalue weighted by atomic mass is 10.1. The molecular weight excluding hydrogens is 372 g/mol. The monoisotopic (exact) mass is 396 g/mol. The number of aromatic carboxylic acids is 1. The molecule has 0 saturated heterocycles. The number of methoxy groups -OCH3 is 2. The van der Waals surface area contributed by atoms with Crippen LogP contribution in [-0.2, 0) is 11.3 Å². The maximum atomic E-state index is 12.8. The Morgan fingerprint density at radius 1 is 1.10 bits per heavy atom. The van der Waals surface area contributed by atoms with Crippen molar-refractivity contribution in [2.75, 3.05) is 26.1 Å². The molecule has 0 unspecified atom stereocenters. The first-order valence-corrected chi connectivity index (χ1v) is 9.18. The second kappa shape index (κ2) is 8.36. The van der Waals surface area contributed by atoms with Crippen LogP contribution in [0.2, 0.25) is 0 Å². The van der Waals surface area contributed by atoms with Gasteiger partial charge in [-0.2, -0.15) is 0 Å². The number of fused-ring (bicyclic) bond motifs is 1. The molecule has 1 aromatic heterocycles. The number of hydrogen-bond acceptors (Lipinski definition) is 4. The number of amides is 1. The number of nitrogens with one attached hydrogen (secondary N) is 1. The van der Waals surface area contributed by atoms with E-state index < -0.39 is 5.97 Å². The first kappa shape index (κ1) is 20.4. The third-order valence-electron chi connectivity index (χ3n) is 5.11. The summed E-state index contributed by atoms with van der Waals surface area (Å²) in [4.78, 5) is 24.0. The Morgan fingerprint density at radius 2 is 1.86 bits per heavy atom. The number of benzene rings is 2. The normalized spacial score (nSPS) is 10.9. The van der Waals surface area contributed by atoms with Crippen LogP contribution in [0.4, 0.5) is 5.69 Å². The van der Waals surface area contributed by atoms with Gasteiger partial charge >= 0.3 is 5.97 Å². The number of anilines is 1. The first-order valence-electron chi connectivity index (χ1n) is 9.18. The predicted molar refractivity (Wildman–Crippen MR) is 111 cm³/mol. The molecule has 7 nitrogen and oxygen atoms in total. The van der Waals surface area contributed by atoms with Crippen molar-refractivity contribution in [1.82, 2.24) is 4.57 Å². The first-order chi connectivity index (χ1) is 13.9. The van der Waals surface area contributed by atoms with Gasteiger partial charge in [0.2, 0.25) is 0 Å². The zero-order chi connectivity index (χ0) is 21.1. The minimum Gasteiger partial charge on any atom is -0.496 e. The van der Waals surface area contributed by atoms with Crippen LogP contribution in [-0.4, -0.2) is 42.4 Å². The molecule has 1 amide bonds. The quantitative estimate of drug-likeness (QED) is 0.633. The number of nitrogens with zero attached hydrogens (tertiary/aromatic N) is 1. The smallest absolute Gasteiger partial charge is 0.339 e. The molecule has 29 heavy (non-hydrogen) atoms. The van der Waals surface area contributed by atoms with Crippen LogP contribution in [0.3, 0.4) is 0 Å². The molecule has 2 aromatic carbocycles. The summed E-state index contributed by atoms with van der Waals surface area (Å²) in [5, 5.41) is 13.0. The fourth-order valence-corrected chi connectivity index (χ4v) is 3.41. The number of aromatic nitrogens is 1. The largest absolute Gasteiger partial charge is 0.496 e. The van der Waals surface area contributed by atoms with E-state index in [0.717, 1.165) is 28.7 Å². The lowest BCUT2D eigenvalue weighted by Gasteiger charge is -2.10. The van der Waals surface area contributed by atoms with Crippen molar-refractivity contribution in [3.63, 3.8) is 0 Å². The molecular formula is C22H24N2O5. The van der Waals surface area contributed by atoms with Crippen LogP contribution in [0.15, 0.2) is 36.4 Å². The molecule has 152 valence electrons. The molecule has 0 bridgehead atoms. The fraction of sp³-hybridized carbons (Fsp3) is 0.273. The molecule has 7 heteroatoms. The highest BCUT2D eigenvalue weighted by atomic mass is 16.5. The summed E-state index contributed by atoms with van der Waals surface area (Å²) in [5.41, 5.74) is 4.34. The second-order valence-corrected chi connectivity index (χ2v) is 6.76. The molecule has 0 aliphatic heterocycles. The summed E-state index contributed by atoms with van der Waals surface area (Å²) in [6.07, 6.45) is 0. The number of carbonyl (C=O) groups is 2. The molecule has 0 spiro atoms. The molecule has 0 fully saturated rings. The van der Waals surface area contributed by atoms with Gasteiger partial charge in [0.1, 0.15) is 11.3 Å². The second-order valence-electron chi connectivity index (χ2n) is 6.76. The number of carboxylic acids is 1. The van der Waals surface area contributed by atoms with Crippen LogP contribution >= 0.6 is 0 Å².